The molecule has 0 amide bonds. The van der Waals surface area contributed by atoms with E-state index in [0.717, 1.165) is 12.2 Å². The summed E-state index contributed by atoms with van der Waals surface area (Å²) in [6.45, 7) is 9.17. The summed E-state index contributed by atoms with van der Waals surface area (Å²) in [5, 5.41) is 3.83. The molecule has 132 valence electrons. The molecule has 0 aromatic heterocycles. The molecule has 25 heavy (non-hydrogen) atoms. The largest absolute Gasteiger partial charge is 0.496 e. The van der Waals surface area contributed by atoms with Gasteiger partial charge in [0.1, 0.15) is 5.75 Å². The third-order valence-corrected chi connectivity index (χ3v) is 6.09. The summed E-state index contributed by atoms with van der Waals surface area (Å²) in [7, 11) is 1.78. The van der Waals surface area contributed by atoms with Crippen molar-refractivity contribution in [2.24, 2.45) is 11.8 Å². The predicted molar refractivity (Wildman–Crippen MR) is 105 cm³/mol. The van der Waals surface area contributed by atoms with Crippen molar-refractivity contribution in [3.8, 4) is 5.75 Å². The SMILES string of the molecule is CCC1Cc2cccc(OC)c2C2=C1C1C(C)=CC(C)(C)NC1C=C2. The first-order valence-corrected chi connectivity index (χ1v) is 9.50. The number of allylic oxidation sites excluding steroid dienone is 2. The van der Waals surface area contributed by atoms with Crippen molar-refractivity contribution in [3.63, 3.8) is 0 Å². The van der Waals surface area contributed by atoms with E-state index < -0.39 is 0 Å². The van der Waals surface area contributed by atoms with Crippen LogP contribution in [0.2, 0.25) is 0 Å². The molecule has 0 spiro atoms. The third kappa shape index (κ3) is 2.58. The van der Waals surface area contributed by atoms with Crippen LogP contribution in [0.1, 0.15) is 45.2 Å². The van der Waals surface area contributed by atoms with Gasteiger partial charge in [-0.05, 0) is 62.3 Å². The fourth-order valence-corrected chi connectivity index (χ4v) is 5.22. The Hall–Kier alpha value is -1.80. The van der Waals surface area contributed by atoms with E-state index in [1.165, 1.54) is 28.7 Å². The first-order chi connectivity index (χ1) is 11.9. The topological polar surface area (TPSA) is 21.3 Å². The summed E-state index contributed by atoms with van der Waals surface area (Å²) in [5.41, 5.74) is 7.32. The van der Waals surface area contributed by atoms with Crippen molar-refractivity contribution in [1.82, 2.24) is 5.32 Å². The molecule has 1 aromatic rings. The van der Waals surface area contributed by atoms with Crippen LogP contribution in [-0.2, 0) is 6.42 Å². The minimum atomic E-state index is 0.0552. The lowest BCUT2D eigenvalue weighted by atomic mass is 9.65. The zero-order valence-corrected chi connectivity index (χ0v) is 16.0. The van der Waals surface area contributed by atoms with Gasteiger partial charge in [0, 0.05) is 23.1 Å². The van der Waals surface area contributed by atoms with Crippen molar-refractivity contribution in [2.45, 2.75) is 52.1 Å². The summed E-state index contributed by atoms with van der Waals surface area (Å²) in [6.07, 6.45) is 9.44. The zero-order chi connectivity index (χ0) is 17.8. The lowest BCUT2D eigenvalue weighted by molar-refractivity contribution is 0.339. The van der Waals surface area contributed by atoms with Crippen LogP contribution in [0.25, 0.3) is 5.57 Å². The molecular weight excluding hydrogens is 306 g/mol. The number of nitrogens with one attached hydrogen (secondary N) is 1. The van der Waals surface area contributed by atoms with Crippen LogP contribution in [0, 0.1) is 11.8 Å². The highest BCUT2D eigenvalue weighted by atomic mass is 16.5. The van der Waals surface area contributed by atoms with Gasteiger partial charge < -0.3 is 10.1 Å². The van der Waals surface area contributed by atoms with Crippen LogP contribution in [0.15, 0.2) is 47.6 Å². The second kappa shape index (κ2) is 5.88. The van der Waals surface area contributed by atoms with E-state index in [2.05, 4.69) is 69.4 Å². The molecule has 2 nitrogen and oxygen atoms in total. The Morgan fingerprint density at radius 1 is 1.28 bits per heavy atom. The minimum absolute atomic E-state index is 0.0552. The molecule has 3 aliphatic rings. The normalized spacial score (nSPS) is 29.5. The van der Waals surface area contributed by atoms with Crippen molar-refractivity contribution >= 4 is 5.57 Å². The molecule has 1 aromatic carbocycles. The number of benzene rings is 1. The number of methoxy groups -OCH3 is 1. The quantitative estimate of drug-likeness (QED) is 0.775. The van der Waals surface area contributed by atoms with Crippen LogP contribution in [0.3, 0.4) is 0 Å². The molecule has 0 radical (unpaired) electrons. The summed E-state index contributed by atoms with van der Waals surface area (Å²) in [6, 6.07) is 6.89. The van der Waals surface area contributed by atoms with Gasteiger partial charge in [-0.15, -0.1) is 0 Å². The molecule has 2 heteroatoms. The highest BCUT2D eigenvalue weighted by molar-refractivity contribution is 5.86. The van der Waals surface area contributed by atoms with E-state index in [9.17, 15) is 0 Å². The van der Waals surface area contributed by atoms with Gasteiger partial charge in [-0.3, -0.25) is 0 Å². The number of hydrogen-bond donors (Lipinski definition) is 1. The molecule has 0 fully saturated rings. The lowest BCUT2D eigenvalue weighted by Gasteiger charge is -2.46. The van der Waals surface area contributed by atoms with Crippen LogP contribution < -0.4 is 10.1 Å². The Bertz CT molecular complexity index is 796. The average Bonchev–Trinajstić information content (AvgIpc) is 2.58. The van der Waals surface area contributed by atoms with Crippen LogP contribution >= 0.6 is 0 Å². The second-order valence-corrected chi connectivity index (χ2v) is 8.29. The van der Waals surface area contributed by atoms with Gasteiger partial charge in [0.25, 0.3) is 0 Å². The van der Waals surface area contributed by atoms with E-state index >= 15 is 0 Å². The molecule has 0 bridgehead atoms. The van der Waals surface area contributed by atoms with Gasteiger partial charge in [-0.25, -0.2) is 0 Å². The van der Waals surface area contributed by atoms with Crippen molar-refractivity contribution in [3.05, 3.63) is 58.7 Å². The Morgan fingerprint density at radius 2 is 2.08 bits per heavy atom. The smallest absolute Gasteiger partial charge is 0.126 e. The fourth-order valence-electron chi connectivity index (χ4n) is 5.22. The van der Waals surface area contributed by atoms with Crippen LogP contribution in [0.5, 0.6) is 5.75 Å². The molecule has 3 atom stereocenters. The molecule has 4 rings (SSSR count). The molecule has 0 saturated heterocycles. The highest BCUT2D eigenvalue weighted by Crippen LogP contribution is 2.49. The summed E-state index contributed by atoms with van der Waals surface area (Å²) < 4.78 is 5.73. The molecule has 2 aliphatic carbocycles. The Labute approximate surface area is 151 Å². The molecule has 3 unspecified atom stereocenters. The Balaban J connectivity index is 1.93. The molecule has 1 aliphatic heterocycles. The summed E-state index contributed by atoms with van der Waals surface area (Å²) in [4.78, 5) is 0. The number of hydrogen-bond acceptors (Lipinski definition) is 2. The first-order valence-electron chi connectivity index (χ1n) is 9.50. The van der Waals surface area contributed by atoms with E-state index in [1.54, 1.807) is 12.7 Å². The fraction of sp³-hybridized carbons (Fsp3) is 0.478. The van der Waals surface area contributed by atoms with Crippen molar-refractivity contribution in [1.29, 1.82) is 0 Å². The molecule has 1 heterocycles. The minimum Gasteiger partial charge on any atom is -0.496 e. The molecular formula is C23H29NO. The van der Waals surface area contributed by atoms with E-state index in [1.807, 2.05) is 0 Å². The van der Waals surface area contributed by atoms with E-state index in [0.29, 0.717) is 17.9 Å². The zero-order valence-electron chi connectivity index (χ0n) is 16.0. The van der Waals surface area contributed by atoms with E-state index in [-0.39, 0.29) is 5.54 Å². The third-order valence-electron chi connectivity index (χ3n) is 6.09. The molecule has 1 N–H and O–H groups in total. The monoisotopic (exact) mass is 335 g/mol. The number of ether oxygens (including phenoxy) is 1. The standard InChI is InChI=1S/C23H29NO/c1-6-15-12-16-8-7-9-19(25-5)21(16)17-10-11-18-20(22(15)17)14(2)13-23(3,4)24-18/h7-11,13,15,18,20,24H,6,12H2,1-5H3. The van der Waals surface area contributed by atoms with Gasteiger partial charge in [-0.1, -0.05) is 42.9 Å². The van der Waals surface area contributed by atoms with Crippen molar-refractivity contribution < 1.29 is 4.74 Å². The van der Waals surface area contributed by atoms with Gasteiger partial charge >= 0.3 is 0 Å². The van der Waals surface area contributed by atoms with Gasteiger partial charge in [-0.2, -0.15) is 0 Å². The number of rotatable bonds is 2. The lowest BCUT2D eigenvalue weighted by Crippen LogP contribution is -2.53. The average molecular weight is 335 g/mol. The maximum Gasteiger partial charge on any atom is 0.126 e. The van der Waals surface area contributed by atoms with Crippen molar-refractivity contribution in [2.75, 3.05) is 7.11 Å². The number of fused-ring (bicyclic) bond motifs is 4. The summed E-state index contributed by atoms with van der Waals surface area (Å²) >= 11 is 0. The Morgan fingerprint density at radius 3 is 2.80 bits per heavy atom. The summed E-state index contributed by atoms with van der Waals surface area (Å²) in [5.74, 6) is 2.09. The second-order valence-electron chi connectivity index (χ2n) is 8.29. The van der Waals surface area contributed by atoms with E-state index in [4.69, 9.17) is 4.74 Å². The Kier molecular flexibility index (Phi) is 3.92. The molecule has 0 saturated carbocycles. The maximum absolute atomic E-state index is 5.73. The first kappa shape index (κ1) is 16.7. The maximum atomic E-state index is 5.73. The predicted octanol–water partition coefficient (Wildman–Crippen LogP) is 4.91. The van der Waals surface area contributed by atoms with Gasteiger partial charge in [0.15, 0.2) is 0 Å². The van der Waals surface area contributed by atoms with Crippen LogP contribution in [-0.4, -0.2) is 18.7 Å². The van der Waals surface area contributed by atoms with Gasteiger partial charge in [0.05, 0.1) is 7.11 Å². The highest BCUT2D eigenvalue weighted by Gasteiger charge is 2.41. The van der Waals surface area contributed by atoms with Crippen LogP contribution in [0.4, 0.5) is 0 Å². The van der Waals surface area contributed by atoms with Gasteiger partial charge in [0.2, 0.25) is 0 Å².